The first-order valence-electron chi connectivity index (χ1n) is 7.51. The zero-order valence-corrected chi connectivity index (χ0v) is 14.6. The molecular weight excluding hydrogens is 330 g/mol. The Hall–Kier alpha value is -2.47. The molecule has 0 aliphatic heterocycles. The van der Waals surface area contributed by atoms with Crippen LogP contribution in [0.4, 0.5) is 11.5 Å². The highest BCUT2D eigenvalue weighted by Crippen LogP contribution is 2.37. The van der Waals surface area contributed by atoms with Crippen molar-refractivity contribution < 1.29 is 14.3 Å². The van der Waals surface area contributed by atoms with Gasteiger partial charge in [0.15, 0.2) is 0 Å². The van der Waals surface area contributed by atoms with Gasteiger partial charge in [0.1, 0.15) is 17.3 Å². The maximum absolute atomic E-state index is 12.0. The lowest BCUT2D eigenvalue weighted by Crippen LogP contribution is -2.24. The Balaban J connectivity index is 2.26. The van der Waals surface area contributed by atoms with Crippen molar-refractivity contribution in [3.05, 3.63) is 41.0 Å². The lowest BCUT2D eigenvalue weighted by atomic mass is 10.2. The lowest BCUT2D eigenvalue weighted by Gasteiger charge is -2.14. The van der Waals surface area contributed by atoms with Gasteiger partial charge in [-0.15, -0.1) is 0 Å². The summed E-state index contributed by atoms with van der Waals surface area (Å²) in [6.45, 7) is 2.63. The number of hydrogen-bond acceptors (Lipinski definition) is 5. The summed E-state index contributed by atoms with van der Waals surface area (Å²) in [7, 11) is 3.08. The summed E-state index contributed by atoms with van der Waals surface area (Å²) in [4.78, 5) is 16.3. The number of carbonyl (C=O) groups is 1. The third-order valence-corrected chi connectivity index (χ3v) is 3.59. The van der Waals surface area contributed by atoms with Crippen molar-refractivity contribution in [3.63, 3.8) is 0 Å². The summed E-state index contributed by atoms with van der Waals surface area (Å²) in [6, 6.07) is 6.70. The molecule has 0 unspecified atom stereocenters. The first kappa shape index (κ1) is 17.9. The standard InChI is InChI=1S/C17H20ClN3O3/c1-4-6-20-17(22)11-5-7-19-16(8-11)21-13-10-14(23-2)12(18)9-15(13)24-3/h5,7-10H,4,6H2,1-3H3,(H,19,21)(H,20,22). The maximum Gasteiger partial charge on any atom is 0.251 e. The van der Waals surface area contributed by atoms with Crippen LogP contribution >= 0.6 is 11.6 Å². The fraction of sp³-hybridized carbons (Fsp3) is 0.294. The third kappa shape index (κ3) is 4.29. The number of benzene rings is 1. The first-order valence-corrected chi connectivity index (χ1v) is 7.89. The van der Waals surface area contributed by atoms with E-state index in [1.807, 2.05) is 6.92 Å². The Kier molecular flexibility index (Phi) is 6.26. The highest BCUT2D eigenvalue weighted by Gasteiger charge is 2.12. The van der Waals surface area contributed by atoms with Crippen LogP contribution < -0.4 is 20.1 Å². The average Bonchev–Trinajstić information content (AvgIpc) is 2.60. The number of nitrogens with zero attached hydrogens (tertiary/aromatic N) is 1. The summed E-state index contributed by atoms with van der Waals surface area (Å²) in [5.74, 6) is 1.44. The van der Waals surface area contributed by atoms with Crippen molar-refractivity contribution >= 4 is 29.0 Å². The molecule has 2 rings (SSSR count). The molecule has 0 atom stereocenters. The number of carbonyl (C=O) groups excluding carboxylic acids is 1. The van der Waals surface area contributed by atoms with E-state index in [1.165, 1.54) is 7.11 Å². The Morgan fingerprint density at radius 2 is 1.96 bits per heavy atom. The number of amides is 1. The zero-order chi connectivity index (χ0) is 17.5. The lowest BCUT2D eigenvalue weighted by molar-refractivity contribution is 0.0953. The molecule has 0 aliphatic carbocycles. The van der Waals surface area contributed by atoms with E-state index in [2.05, 4.69) is 15.6 Å². The predicted molar refractivity (Wildman–Crippen MR) is 94.7 cm³/mol. The highest BCUT2D eigenvalue weighted by atomic mass is 35.5. The summed E-state index contributed by atoms with van der Waals surface area (Å²) in [6.07, 6.45) is 2.45. The molecule has 0 aliphatic rings. The number of methoxy groups -OCH3 is 2. The molecule has 0 saturated heterocycles. The number of ether oxygens (including phenoxy) is 2. The molecule has 2 N–H and O–H groups in total. The summed E-state index contributed by atoms with van der Waals surface area (Å²) < 4.78 is 10.5. The van der Waals surface area contributed by atoms with Gasteiger partial charge >= 0.3 is 0 Å². The fourth-order valence-corrected chi connectivity index (χ4v) is 2.31. The van der Waals surface area contributed by atoms with Gasteiger partial charge < -0.3 is 20.1 Å². The van der Waals surface area contributed by atoms with Gasteiger partial charge in [-0.25, -0.2) is 4.98 Å². The predicted octanol–water partition coefficient (Wildman–Crippen LogP) is 3.64. The SMILES string of the molecule is CCCNC(=O)c1ccnc(Nc2cc(OC)c(Cl)cc2OC)c1. The minimum absolute atomic E-state index is 0.136. The van der Waals surface area contributed by atoms with Gasteiger partial charge in [0.2, 0.25) is 0 Å². The molecular formula is C17H20ClN3O3. The van der Waals surface area contributed by atoms with Crippen molar-refractivity contribution in [1.29, 1.82) is 0 Å². The van der Waals surface area contributed by atoms with Gasteiger partial charge in [-0.2, -0.15) is 0 Å². The molecule has 7 heteroatoms. The molecule has 2 aromatic rings. The van der Waals surface area contributed by atoms with Gasteiger partial charge in [-0.1, -0.05) is 18.5 Å². The average molecular weight is 350 g/mol. The monoisotopic (exact) mass is 349 g/mol. The van der Waals surface area contributed by atoms with Crippen LogP contribution in [0.3, 0.4) is 0 Å². The second-order valence-electron chi connectivity index (χ2n) is 5.00. The Bertz CT molecular complexity index is 722. The molecule has 0 saturated carbocycles. The van der Waals surface area contributed by atoms with E-state index in [0.717, 1.165) is 6.42 Å². The van der Waals surface area contributed by atoms with Gasteiger partial charge in [-0.3, -0.25) is 4.79 Å². The second kappa shape index (κ2) is 8.40. The number of rotatable bonds is 7. The van der Waals surface area contributed by atoms with Crippen LogP contribution in [-0.2, 0) is 0 Å². The van der Waals surface area contributed by atoms with E-state index in [9.17, 15) is 4.79 Å². The molecule has 24 heavy (non-hydrogen) atoms. The quantitative estimate of drug-likeness (QED) is 0.798. The Labute approximate surface area is 146 Å². The van der Waals surface area contributed by atoms with Crippen LogP contribution in [0.5, 0.6) is 11.5 Å². The van der Waals surface area contributed by atoms with Crippen molar-refractivity contribution in [2.24, 2.45) is 0 Å². The van der Waals surface area contributed by atoms with Gasteiger partial charge in [0.05, 0.1) is 24.9 Å². The molecule has 0 bridgehead atoms. The number of nitrogens with one attached hydrogen (secondary N) is 2. The molecule has 0 fully saturated rings. The van der Waals surface area contributed by atoms with E-state index in [0.29, 0.717) is 40.1 Å². The van der Waals surface area contributed by atoms with E-state index >= 15 is 0 Å². The van der Waals surface area contributed by atoms with Crippen LogP contribution in [0.15, 0.2) is 30.5 Å². The van der Waals surface area contributed by atoms with Crippen molar-refractivity contribution in [1.82, 2.24) is 10.3 Å². The van der Waals surface area contributed by atoms with Crippen molar-refractivity contribution in [2.45, 2.75) is 13.3 Å². The first-order chi connectivity index (χ1) is 11.6. The topological polar surface area (TPSA) is 72.5 Å². The molecule has 6 nitrogen and oxygen atoms in total. The number of hydrogen-bond donors (Lipinski definition) is 2. The molecule has 1 heterocycles. The second-order valence-corrected chi connectivity index (χ2v) is 5.40. The Morgan fingerprint density at radius 3 is 2.62 bits per heavy atom. The third-order valence-electron chi connectivity index (χ3n) is 3.29. The summed E-state index contributed by atoms with van der Waals surface area (Å²) in [5.41, 5.74) is 1.17. The van der Waals surface area contributed by atoms with Crippen LogP contribution in [0, 0.1) is 0 Å². The normalized spacial score (nSPS) is 10.2. The van der Waals surface area contributed by atoms with E-state index in [1.54, 1.807) is 37.6 Å². The van der Waals surface area contributed by atoms with Crippen molar-refractivity contribution in [2.75, 3.05) is 26.1 Å². The molecule has 1 aromatic heterocycles. The number of aromatic nitrogens is 1. The largest absolute Gasteiger partial charge is 0.495 e. The molecule has 0 radical (unpaired) electrons. The molecule has 1 aromatic carbocycles. The maximum atomic E-state index is 12.0. The minimum Gasteiger partial charge on any atom is -0.495 e. The minimum atomic E-state index is -0.136. The zero-order valence-electron chi connectivity index (χ0n) is 13.9. The van der Waals surface area contributed by atoms with Crippen LogP contribution in [0.1, 0.15) is 23.7 Å². The number of anilines is 2. The number of pyridine rings is 1. The van der Waals surface area contributed by atoms with E-state index < -0.39 is 0 Å². The van der Waals surface area contributed by atoms with Gasteiger partial charge in [0, 0.05) is 30.4 Å². The van der Waals surface area contributed by atoms with Gasteiger partial charge in [-0.05, 0) is 18.6 Å². The van der Waals surface area contributed by atoms with E-state index in [4.69, 9.17) is 21.1 Å². The highest BCUT2D eigenvalue weighted by molar-refractivity contribution is 6.32. The molecule has 0 spiro atoms. The van der Waals surface area contributed by atoms with Crippen LogP contribution in [-0.4, -0.2) is 31.7 Å². The van der Waals surface area contributed by atoms with Crippen molar-refractivity contribution in [3.8, 4) is 11.5 Å². The Morgan fingerprint density at radius 1 is 1.21 bits per heavy atom. The molecule has 128 valence electrons. The van der Waals surface area contributed by atoms with Gasteiger partial charge in [0.25, 0.3) is 5.91 Å². The van der Waals surface area contributed by atoms with E-state index in [-0.39, 0.29) is 5.91 Å². The fourth-order valence-electron chi connectivity index (χ4n) is 2.08. The summed E-state index contributed by atoms with van der Waals surface area (Å²) in [5, 5.41) is 6.40. The smallest absolute Gasteiger partial charge is 0.251 e. The van der Waals surface area contributed by atoms with Crippen LogP contribution in [0.25, 0.3) is 0 Å². The molecule has 1 amide bonds. The number of halogens is 1. The summed E-state index contributed by atoms with van der Waals surface area (Å²) >= 11 is 6.10. The van der Waals surface area contributed by atoms with Crippen LogP contribution in [0.2, 0.25) is 5.02 Å².